The molecule has 7 heteroatoms. The second-order valence-corrected chi connectivity index (χ2v) is 6.78. The molecular formula is C22H24N2O5. The van der Waals surface area contributed by atoms with Crippen LogP contribution in [-0.2, 0) is 20.9 Å². The Kier molecular flexibility index (Phi) is 6.49. The van der Waals surface area contributed by atoms with Crippen molar-refractivity contribution < 1.29 is 23.9 Å². The van der Waals surface area contributed by atoms with E-state index in [1.165, 1.54) is 6.92 Å². The van der Waals surface area contributed by atoms with E-state index in [0.717, 1.165) is 17.7 Å². The van der Waals surface area contributed by atoms with Crippen molar-refractivity contribution in [3.05, 3.63) is 59.7 Å². The summed E-state index contributed by atoms with van der Waals surface area (Å²) in [5.74, 6) is -0.315. The fraction of sp³-hybridized carbons (Fsp3) is 0.318. The van der Waals surface area contributed by atoms with Crippen LogP contribution in [0.1, 0.15) is 35.7 Å². The lowest BCUT2D eigenvalue weighted by molar-refractivity contribution is -0.129. The molecule has 1 fully saturated rings. The van der Waals surface area contributed by atoms with Gasteiger partial charge in [-0.15, -0.1) is 0 Å². The number of hydrogen-bond acceptors (Lipinski definition) is 5. The van der Waals surface area contributed by atoms with Gasteiger partial charge in [-0.2, -0.15) is 0 Å². The first-order chi connectivity index (χ1) is 14.0. The Balaban J connectivity index is 1.60. The van der Waals surface area contributed by atoms with Crippen molar-refractivity contribution in [3.8, 4) is 5.75 Å². The normalized spacial score (nSPS) is 14.4. The van der Waals surface area contributed by atoms with Gasteiger partial charge in [-0.1, -0.05) is 24.3 Å². The lowest BCUT2D eigenvalue weighted by atomic mass is 10.1. The quantitative estimate of drug-likeness (QED) is 0.728. The first kappa shape index (κ1) is 20.4. The first-order valence-corrected chi connectivity index (χ1v) is 9.50. The summed E-state index contributed by atoms with van der Waals surface area (Å²) in [5, 5.41) is 2.75. The molecule has 2 aromatic carbocycles. The number of carbonyl (C=O) groups is 3. The third-order valence-corrected chi connectivity index (χ3v) is 4.77. The number of rotatable bonds is 7. The molecule has 2 aromatic rings. The van der Waals surface area contributed by atoms with Crippen molar-refractivity contribution in [1.29, 1.82) is 0 Å². The summed E-state index contributed by atoms with van der Waals surface area (Å²) in [6.07, 6.45) is 0.253. The van der Waals surface area contributed by atoms with Gasteiger partial charge in [0.15, 0.2) is 6.10 Å². The number of hydrogen-bond donors (Lipinski definition) is 1. The molecule has 2 amide bonds. The molecule has 3 rings (SSSR count). The first-order valence-electron chi connectivity index (χ1n) is 9.50. The van der Waals surface area contributed by atoms with Gasteiger partial charge in [0.1, 0.15) is 5.75 Å². The van der Waals surface area contributed by atoms with E-state index in [2.05, 4.69) is 5.32 Å². The minimum atomic E-state index is -0.969. The molecule has 7 nitrogen and oxygen atoms in total. The van der Waals surface area contributed by atoms with Gasteiger partial charge in [0.05, 0.1) is 18.4 Å². The Labute approximate surface area is 169 Å². The minimum Gasteiger partial charge on any atom is -0.497 e. The van der Waals surface area contributed by atoms with Crippen molar-refractivity contribution in [2.24, 2.45) is 0 Å². The molecule has 1 N–H and O–H groups in total. The molecule has 0 unspecified atom stereocenters. The Bertz CT molecular complexity index is 894. The molecule has 152 valence electrons. The van der Waals surface area contributed by atoms with E-state index in [9.17, 15) is 14.4 Å². The predicted octanol–water partition coefficient (Wildman–Crippen LogP) is 2.68. The van der Waals surface area contributed by atoms with Crippen LogP contribution < -0.4 is 15.0 Å². The summed E-state index contributed by atoms with van der Waals surface area (Å²) < 4.78 is 10.5. The standard InChI is InChI=1S/C22H24N2O5/c1-15(21(26)23-14-16-9-11-17(28-2)12-10-16)29-22(27)18-6-3-4-7-19(18)24-13-5-8-20(24)25/h3-4,6-7,9-12,15H,5,8,13-14H2,1-2H3,(H,23,26)/t15-/m1/s1. The van der Waals surface area contributed by atoms with E-state index in [0.29, 0.717) is 25.2 Å². The Morgan fingerprint density at radius 2 is 1.86 bits per heavy atom. The van der Waals surface area contributed by atoms with Crippen molar-refractivity contribution in [2.45, 2.75) is 32.4 Å². The maximum absolute atomic E-state index is 12.6. The molecular weight excluding hydrogens is 372 g/mol. The van der Waals surface area contributed by atoms with E-state index >= 15 is 0 Å². The highest BCUT2D eigenvalue weighted by Crippen LogP contribution is 2.26. The van der Waals surface area contributed by atoms with Gasteiger partial charge in [0.25, 0.3) is 5.91 Å². The van der Waals surface area contributed by atoms with Crippen LogP contribution in [-0.4, -0.2) is 37.5 Å². The van der Waals surface area contributed by atoms with Gasteiger partial charge < -0.3 is 19.7 Å². The van der Waals surface area contributed by atoms with Crippen molar-refractivity contribution >= 4 is 23.5 Å². The lowest BCUT2D eigenvalue weighted by Crippen LogP contribution is -2.36. The van der Waals surface area contributed by atoms with Crippen LogP contribution in [0.5, 0.6) is 5.75 Å². The summed E-state index contributed by atoms with van der Waals surface area (Å²) >= 11 is 0. The van der Waals surface area contributed by atoms with Crippen LogP contribution in [0.25, 0.3) is 0 Å². The number of benzene rings is 2. The zero-order valence-corrected chi connectivity index (χ0v) is 16.5. The van der Waals surface area contributed by atoms with Crippen LogP contribution in [0.3, 0.4) is 0 Å². The maximum Gasteiger partial charge on any atom is 0.341 e. The zero-order chi connectivity index (χ0) is 20.8. The highest BCUT2D eigenvalue weighted by Gasteiger charge is 2.27. The molecule has 0 bridgehead atoms. The van der Waals surface area contributed by atoms with E-state index in [1.54, 1.807) is 36.3 Å². The topological polar surface area (TPSA) is 84.9 Å². The number of esters is 1. The lowest BCUT2D eigenvalue weighted by Gasteiger charge is -2.20. The fourth-order valence-electron chi connectivity index (χ4n) is 3.14. The molecule has 1 aliphatic heterocycles. The van der Waals surface area contributed by atoms with Crippen LogP contribution in [0.2, 0.25) is 0 Å². The van der Waals surface area contributed by atoms with Crippen LogP contribution in [0.4, 0.5) is 5.69 Å². The molecule has 0 aliphatic carbocycles. The average molecular weight is 396 g/mol. The molecule has 1 aliphatic rings. The number of amides is 2. The van der Waals surface area contributed by atoms with Crippen LogP contribution in [0, 0.1) is 0 Å². The third kappa shape index (κ3) is 4.93. The Morgan fingerprint density at radius 3 is 2.52 bits per heavy atom. The van der Waals surface area contributed by atoms with Crippen molar-refractivity contribution in [2.75, 3.05) is 18.6 Å². The second-order valence-electron chi connectivity index (χ2n) is 6.78. The fourth-order valence-corrected chi connectivity index (χ4v) is 3.14. The minimum absolute atomic E-state index is 0.0180. The predicted molar refractivity (Wildman–Crippen MR) is 108 cm³/mol. The number of nitrogens with zero attached hydrogens (tertiary/aromatic N) is 1. The van der Waals surface area contributed by atoms with Gasteiger partial charge >= 0.3 is 5.97 Å². The molecule has 0 spiro atoms. The number of carbonyl (C=O) groups excluding carboxylic acids is 3. The highest BCUT2D eigenvalue weighted by molar-refractivity contribution is 6.04. The second kappa shape index (κ2) is 9.23. The largest absolute Gasteiger partial charge is 0.497 e. The van der Waals surface area contributed by atoms with Gasteiger partial charge in [-0.25, -0.2) is 4.79 Å². The monoisotopic (exact) mass is 396 g/mol. The molecule has 1 saturated heterocycles. The summed E-state index contributed by atoms with van der Waals surface area (Å²) in [5.41, 5.74) is 1.69. The van der Waals surface area contributed by atoms with Gasteiger partial charge in [0.2, 0.25) is 5.91 Å². The average Bonchev–Trinajstić information content (AvgIpc) is 3.17. The third-order valence-electron chi connectivity index (χ3n) is 4.77. The molecule has 29 heavy (non-hydrogen) atoms. The summed E-state index contributed by atoms with van der Waals surface area (Å²) in [6.45, 7) is 2.40. The number of anilines is 1. The Hall–Kier alpha value is -3.35. The maximum atomic E-state index is 12.6. The molecule has 0 aromatic heterocycles. The zero-order valence-electron chi connectivity index (χ0n) is 16.5. The number of para-hydroxylation sites is 1. The number of nitrogens with one attached hydrogen (secondary N) is 1. The summed E-state index contributed by atoms with van der Waals surface area (Å²) in [7, 11) is 1.59. The van der Waals surface area contributed by atoms with Gasteiger partial charge in [-0.05, 0) is 43.2 Å². The Morgan fingerprint density at radius 1 is 1.14 bits per heavy atom. The summed E-state index contributed by atoms with van der Waals surface area (Å²) in [4.78, 5) is 38.6. The smallest absolute Gasteiger partial charge is 0.341 e. The molecule has 0 saturated carbocycles. The van der Waals surface area contributed by atoms with E-state index in [1.807, 2.05) is 24.3 Å². The van der Waals surface area contributed by atoms with Crippen LogP contribution >= 0.6 is 0 Å². The molecule has 1 heterocycles. The van der Waals surface area contributed by atoms with E-state index in [4.69, 9.17) is 9.47 Å². The molecule has 1 atom stereocenters. The van der Waals surface area contributed by atoms with Crippen molar-refractivity contribution in [3.63, 3.8) is 0 Å². The van der Waals surface area contributed by atoms with Gasteiger partial charge in [0, 0.05) is 19.5 Å². The number of methoxy groups -OCH3 is 1. The van der Waals surface area contributed by atoms with Gasteiger partial charge in [-0.3, -0.25) is 9.59 Å². The molecule has 0 radical (unpaired) electrons. The highest BCUT2D eigenvalue weighted by atomic mass is 16.5. The van der Waals surface area contributed by atoms with E-state index in [-0.39, 0.29) is 11.5 Å². The van der Waals surface area contributed by atoms with Crippen molar-refractivity contribution in [1.82, 2.24) is 5.32 Å². The number of ether oxygens (including phenoxy) is 2. The SMILES string of the molecule is COc1ccc(CNC(=O)[C@@H](C)OC(=O)c2ccccc2N2CCCC2=O)cc1. The van der Waals surface area contributed by atoms with E-state index < -0.39 is 18.0 Å². The van der Waals surface area contributed by atoms with Crippen LogP contribution in [0.15, 0.2) is 48.5 Å². The summed E-state index contributed by atoms with van der Waals surface area (Å²) in [6, 6.07) is 14.1.